The molecule has 172 valence electrons. The van der Waals surface area contributed by atoms with Crippen LogP contribution in [0.3, 0.4) is 0 Å². The summed E-state index contributed by atoms with van der Waals surface area (Å²) in [7, 11) is -2.54. The van der Waals surface area contributed by atoms with Crippen molar-refractivity contribution in [3.8, 4) is 0 Å². The Morgan fingerprint density at radius 1 is 1.19 bits per heavy atom. The SMILES string of the molecule is C=C(C)/C(=C\C(=C/C)c1ccc(COP(C)(C)=O)cc1)OC(C)c1c(Cl)ccc(F)c1Cl. The van der Waals surface area contributed by atoms with Gasteiger partial charge in [0.2, 0.25) is 0 Å². The fourth-order valence-electron chi connectivity index (χ4n) is 2.92. The first kappa shape index (κ1) is 26.4. The Balaban J connectivity index is 2.28. The molecule has 2 aromatic rings. The van der Waals surface area contributed by atoms with Gasteiger partial charge in [0.05, 0.1) is 11.6 Å². The first-order valence-corrected chi connectivity index (χ1v) is 13.3. The molecule has 2 aromatic carbocycles. The Morgan fingerprint density at radius 2 is 1.81 bits per heavy atom. The van der Waals surface area contributed by atoms with E-state index in [0.717, 1.165) is 16.7 Å². The van der Waals surface area contributed by atoms with Gasteiger partial charge >= 0.3 is 0 Å². The van der Waals surface area contributed by atoms with Crippen LogP contribution in [0.2, 0.25) is 10.0 Å². The minimum atomic E-state index is -2.54. The van der Waals surface area contributed by atoms with Crippen LogP contribution < -0.4 is 0 Å². The number of benzene rings is 2. The summed E-state index contributed by atoms with van der Waals surface area (Å²) >= 11 is 12.4. The van der Waals surface area contributed by atoms with Crippen molar-refractivity contribution in [2.45, 2.75) is 33.5 Å². The van der Waals surface area contributed by atoms with E-state index in [4.69, 9.17) is 32.5 Å². The van der Waals surface area contributed by atoms with Gasteiger partial charge in [-0.2, -0.15) is 0 Å². The molecule has 0 heterocycles. The van der Waals surface area contributed by atoms with E-state index in [1.54, 1.807) is 20.3 Å². The zero-order valence-electron chi connectivity index (χ0n) is 18.9. The Bertz CT molecular complexity index is 1090. The molecular weight excluding hydrogens is 469 g/mol. The predicted molar refractivity (Wildman–Crippen MR) is 133 cm³/mol. The molecule has 0 aromatic heterocycles. The number of hydrogen-bond acceptors (Lipinski definition) is 3. The molecule has 0 aliphatic rings. The molecule has 0 bridgehead atoms. The van der Waals surface area contributed by atoms with Crippen molar-refractivity contribution in [3.05, 3.63) is 99.0 Å². The van der Waals surface area contributed by atoms with Crippen LogP contribution >= 0.6 is 30.6 Å². The zero-order chi connectivity index (χ0) is 24.1. The molecule has 32 heavy (non-hydrogen) atoms. The molecule has 1 atom stereocenters. The van der Waals surface area contributed by atoms with Crippen LogP contribution in [0.25, 0.3) is 5.57 Å². The maximum Gasteiger partial charge on any atom is 0.197 e. The third kappa shape index (κ3) is 7.35. The van der Waals surface area contributed by atoms with E-state index in [-0.39, 0.29) is 5.02 Å². The van der Waals surface area contributed by atoms with E-state index >= 15 is 0 Å². The van der Waals surface area contributed by atoms with E-state index < -0.39 is 19.3 Å². The highest BCUT2D eigenvalue weighted by molar-refractivity contribution is 7.57. The molecule has 0 amide bonds. The van der Waals surface area contributed by atoms with Gasteiger partial charge in [-0.25, -0.2) is 4.39 Å². The molecule has 0 saturated heterocycles. The van der Waals surface area contributed by atoms with Gasteiger partial charge in [0.15, 0.2) is 7.37 Å². The third-order valence-electron chi connectivity index (χ3n) is 4.64. The molecule has 0 spiro atoms. The van der Waals surface area contributed by atoms with Gasteiger partial charge in [-0.3, -0.25) is 4.57 Å². The minimum Gasteiger partial charge on any atom is -0.486 e. The van der Waals surface area contributed by atoms with Crippen LogP contribution in [-0.2, 0) is 20.4 Å². The van der Waals surface area contributed by atoms with Gasteiger partial charge in [0.25, 0.3) is 0 Å². The van der Waals surface area contributed by atoms with Crippen molar-refractivity contribution in [1.82, 2.24) is 0 Å². The smallest absolute Gasteiger partial charge is 0.197 e. The molecule has 0 radical (unpaired) electrons. The van der Waals surface area contributed by atoms with Crippen molar-refractivity contribution < 1.29 is 18.2 Å². The van der Waals surface area contributed by atoms with Crippen molar-refractivity contribution >= 4 is 36.1 Å². The van der Waals surface area contributed by atoms with Crippen molar-refractivity contribution in [3.63, 3.8) is 0 Å². The molecule has 0 saturated carbocycles. The quantitative estimate of drug-likeness (QED) is 0.150. The predicted octanol–water partition coefficient (Wildman–Crippen LogP) is 8.83. The van der Waals surface area contributed by atoms with Crippen molar-refractivity contribution in [2.75, 3.05) is 13.3 Å². The lowest BCUT2D eigenvalue weighted by Gasteiger charge is -2.21. The highest BCUT2D eigenvalue weighted by atomic mass is 35.5. The average Bonchev–Trinajstić information content (AvgIpc) is 2.72. The Hall–Kier alpha value is -1.84. The van der Waals surface area contributed by atoms with Crippen molar-refractivity contribution in [2.24, 2.45) is 0 Å². The molecule has 7 heteroatoms. The Kier molecular flexibility index (Phi) is 9.36. The van der Waals surface area contributed by atoms with E-state index in [0.29, 0.717) is 28.5 Å². The summed E-state index contributed by atoms with van der Waals surface area (Å²) in [6.07, 6.45) is 3.24. The number of allylic oxidation sites excluding steroid dienone is 4. The molecule has 0 aliphatic heterocycles. The van der Waals surface area contributed by atoms with E-state index in [2.05, 4.69) is 6.58 Å². The molecule has 2 rings (SSSR count). The van der Waals surface area contributed by atoms with Crippen LogP contribution in [0.5, 0.6) is 0 Å². The normalized spacial score (nSPS) is 13.8. The Labute approximate surface area is 200 Å². The second-order valence-electron chi connectivity index (χ2n) is 7.77. The van der Waals surface area contributed by atoms with Gasteiger partial charge in [-0.15, -0.1) is 0 Å². The second kappa shape index (κ2) is 11.3. The second-order valence-corrected chi connectivity index (χ2v) is 11.3. The van der Waals surface area contributed by atoms with Gasteiger partial charge in [-0.1, -0.05) is 60.1 Å². The van der Waals surface area contributed by atoms with E-state index in [1.807, 2.05) is 50.3 Å². The first-order chi connectivity index (χ1) is 14.9. The number of hydrogen-bond donors (Lipinski definition) is 0. The zero-order valence-corrected chi connectivity index (χ0v) is 21.3. The fraction of sp³-hybridized carbons (Fsp3) is 0.280. The standard InChI is InChI=1S/C25H28Cl2FO3P/c1-7-19(20-10-8-18(9-11-20)15-30-32(5,6)29)14-23(16(2)3)31-17(4)24-21(26)12-13-22(28)25(24)27/h7-14,17H,2,15H2,1,3-6H3/b19-7+,23-14+. The van der Waals surface area contributed by atoms with E-state index in [1.165, 1.54) is 12.1 Å². The molecule has 0 N–H and O–H groups in total. The first-order valence-electron chi connectivity index (χ1n) is 10.1. The van der Waals surface area contributed by atoms with Gasteiger partial charge < -0.3 is 9.26 Å². The summed E-state index contributed by atoms with van der Waals surface area (Å²) in [5.74, 6) is -0.0182. The fourth-order valence-corrected chi connectivity index (χ4v) is 4.06. The summed E-state index contributed by atoms with van der Waals surface area (Å²) in [4.78, 5) is 0. The van der Waals surface area contributed by atoms with Gasteiger partial charge in [0, 0.05) is 23.9 Å². The summed E-state index contributed by atoms with van der Waals surface area (Å²) < 4.78 is 37.2. The monoisotopic (exact) mass is 496 g/mol. The van der Waals surface area contributed by atoms with Crippen LogP contribution in [-0.4, -0.2) is 13.3 Å². The lowest BCUT2D eigenvalue weighted by molar-refractivity contribution is 0.140. The number of halogens is 3. The topological polar surface area (TPSA) is 35.5 Å². The third-order valence-corrected chi connectivity index (χ3v) is 6.10. The largest absolute Gasteiger partial charge is 0.486 e. The summed E-state index contributed by atoms with van der Waals surface area (Å²) in [6, 6.07) is 10.5. The highest BCUT2D eigenvalue weighted by Crippen LogP contribution is 2.38. The number of rotatable bonds is 9. The minimum absolute atomic E-state index is 0.0566. The molecular formula is C25H28Cl2FO3P. The van der Waals surface area contributed by atoms with Crippen LogP contribution in [0.1, 0.15) is 43.6 Å². The molecule has 3 nitrogen and oxygen atoms in total. The van der Waals surface area contributed by atoms with Crippen LogP contribution in [0.15, 0.2) is 66.5 Å². The molecule has 0 aliphatic carbocycles. The van der Waals surface area contributed by atoms with Crippen LogP contribution in [0.4, 0.5) is 4.39 Å². The lowest BCUT2D eigenvalue weighted by Crippen LogP contribution is -2.04. The summed E-state index contributed by atoms with van der Waals surface area (Å²) in [5, 5.41) is 0.275. The molecule has 0 fully saturated rings. The summed E-state index contributed by atoms with van der Waals surface area (Å²) in [5.41, 5.74) is 3.89. The van der Waals surface area contributed by atoms with E-state index in [9.17, 15) is 8.96 Å². The van der Waals surface area contributed by atoms with Crippen LogP contribution in [0, 0.1) is 5.82 Å². The lowest BCUT2D eigenvalue weighted by atomic mass is 10.0. The maximum atomic E-state index is 13.9. The Morgan fingerprint density at radius 3 is 2.34 bits per heavy atom. The maximum absolute atomic E-state index is 13.9. The number of ether oxygens (including phenoxy) is 1. The van der Waals surface area contributed by atoms with Gasteiger partial charge in [-0.05, 0) is 61.3 Å². The van der Waals surface area contributed by atoms with Crippen molar-refractivity contribution in [1.29, 1.82) is 0 Å². The highest BCUT2D eigenvalue weighted by Gasteiger charge is 2.20. The summed E-state index contributed by atoms with van der Waals surface area (Å²) in [6.45, 7) is 13.0. The molecule has 1 unspecified atom stereocenters. The average molecular weight is 497 g/mol. The van der Waals surface area contributed by atoms with Gasteiger partial charge in [0.1, 0.15) is 17.7 Å².